The Balaban J connectivity index is 2.62. The van der Waals surface area contributed by atoms with Gasteiger partial charge in [-0.2, -0.15) is 5.26 Å². The first-order chi connectivity index (χ1) is 8.52. The number of hydrogen-bond acceptors (Lipinski definition) is 4. The van der Waals surface area contributed by atoms with Crippen molar-refractivity contribution in [1.82, 2.24) is 10.4 Å². The van der Waals surface area contributed by atoms with Crippen molar-refractivity contribution in [2.75, 3.05) is 0 Å². The lowest BCUT2D eigenvalue weighted by Gasteiger charge is -2.04. The second-order valence-corrected chi connectivity index (χ2v) is 3.65. The number of aryl methyl sites for hydroxylation is 1. The molecule has 0 radical (unpaired) electrons. The van der Waals surface area contributed by atoms with Crippen molar-refractivity contribution >= 4 is 11.9 Å². The highest BCUT2D eigenvalue weighted by molar-refractivity contribution is 5.94. The minimum Gasteiger partial charge on any atom is -0.481 e. The van der Waals surface area contributed by atoms with E-state index in [0.717, 1.165) is 0 Å². The molecule has 1 unspecified atom stereocenters. The van der Waals surface area contributed by atoms with Gasteiger partial charge in [0.25, 0.3) is 5.91 Å². The summed E-state index contributed by atoms with van der Waals surface area (Å²) in [7, 11) is 0. The molecule has 1 rings (SSSR count). The lowest BCUT2D eigenvalue weighted by molar-refractivity contribution is -0.753. The van der Waals surface area contributed by atoms with Crippen molar-refractivity contribution in [2.24, 2.45) is 0 Å². The Morgan fingerprint density at radius 1 is 1.67 bits per heavy atom. The van der Waals surface area contributed by atoms with Crippen LogP contribution in [0.2, 0.25) is 0 Å². The van der Waals surface area contributed by atoms with E-state index >= 15 is 0 Å². The molecular weight excluding hydrogens is 236 g/mol. The fourth-order valence-corrected chi connectivity index (χ4v) is 1.17. The Hall–Kier alpha value is -2.49. The summed E-state index contributed by atoms with van der Waals surface area (Å²) in [5.74, 6) is -1.30. The number of aliphatic carboxylic acids is 1. The van der Waals surface area contributed by atoms with E-state index in [1.807, 2.05) is 6.07 Å². The molecule has 0 aromatic carbocycles. The average molecular weight is 249 g/mol. The number of amides is 1. The number of hydrogen-bond donors (Lipinski definition) is 2. The first kappa shape index (κ1) is 13.6. The zero-order valence-corrected chi connectivity index (χ0v) is 9.83. The summed E-state index contributed by atoms with van der Waals surface area (Å²) in [6.07, 6.45) is 2.82. The third-order valence-electron chi connectivity index (χ3n) is 2.13. The number of nitrogens with zero attached hydrogens (tertiary/aromatic N) is 3. The Kier molecular flexibility index (Phi) is 4.75. The molecule has 7 heteroatoms. The summed E-state index contributed by atoms with van der Waals surface area (Å²) in [6.45, 7) is 1.81. The Morgan fingerprint density at radius 3 is 2.89 bits per heavy atom. The second kappa shape index (κ2) is 6.30. The van der Waals surface area contributed by atoms with E-state index in [1.165, 1.54) is 23.1 Å². The molecule has 7 nitrogen and oxygen atoms in total. The standard InChI is InChI=1S/C11H12N4O3/c1-8(6-12)14-11(18)9-2-4-15(13-7-9)5-3-10(16)17/h2,4,7-8H,3,5H2,1H3,(H-,14,16,17,18)/p+1. The van der Waals surface area contributed by atoms with E-state index < -0.39 is 12.0 Å². The zero-order valence-electron chi connectivity index (χ0n) is 9.83. The normalized spacial score (nSPS) is 11.3. The number of carbonyl (C=O) groups excluding carboxylic acids is 1. The van der Waals surface area contributed by atoms with Gasteiger partial charge in [-0.15, -0.1) is 0 Å². The summed E-state index contributed by atoms with van der Waals surface area (Å²) >= 11 is 0. The van der Waals surface area contributed by atoms with Gasteiger partial charge in [0, 0.05) is 6.07 Å². The van der Waals surface area contributed by atoms with Crippen molar-refractivity contribution in [2.45, 2.75) is 25.9 Å². The molecule has 0 saturated heterocycles. The van der Waals surface area contributed by atoms with Gasteiger partial charge in [0.05, 0.1) is 11.6 Å². The number of carboxylic acid groups (broad SMARTS) is 1. The predicted octanol–water partition coefficient (Wildman–Crippen LogP) is -0.514. The lowest BCUT2D eigenvalue weighted by Crippen LogP contribution is -2.39. The molecule has 1 amide bonds. The molecule has 0 aliphatic rings. The van der Waals surface area contributed by atoms with E-state index in [1.54, 1.807) is 6.92 Å². The topological polar surface area (TPSA) is 107 Å². The molecule has 0 spiro atoms. The van der Waals surface area contributed by atoms with Crippen molar-refractivity contribution < 1.29 is 19.4 Å². The van der Waals surface area contributed by atoms with Gasteiger partial charge in [-0.25, -0.2) is 0 Å². The Labute approximate surface area is 104 Å². The Morgan fingerprint density at radius 2 is 2.39 bits per heavy atom. The molecular formula is C11H13N4O3+. The molecule has 94 valence electrons. The summed E-state index contributed by atoms with van der Waals surface area (Å²) in [6, 6.07) is 2.84. The molecule has 18 heavy (non-hydrogen) atoms. The van der Waals surface area contributed by atoms with Gasteiger partial charge in [-0.1, -0.05) is 4.68 Å². The van der Waals surface area contributed by atoms with Gasteiger partial charge < -0.3 is 10.4 Å². The molecule has 0 aliphatic carbocycles. The highest BCUT2D eigenvalue weighted by atomic mass is 16.4. The lowest BCUT2D eigenvalue weighted by atomic mass is 10.2. The number of carbonyl (C=O) groups is 2. The molecule has 0 aliphatic heterocycles. The van der Waals surface area contributed by atoms with Gasteiger partial charge in [-0.05, 0) is 12.0 Å². The first-order valence-electron chi connectivity index (χ1n) is 5.31. The third kappa shape index (κ3) is 4.17. The molecule has 0 bridgehead atoms. The summed E-state index contributed by atoms with van der Waals surface area (Å²) < 4.78 is 1.43. The van der Waals surface area contributed by atoms with E-state index in [4.69, 9.17) is 10.4 Å². The summed E-state index contributed by atoms with van der Waals surface area (Å²) in [4.78, 5) is 22.0. The minimum atomic E-state index is -0.908. The maximum atomic E-state index is 11.6. The zero-order chi connectivity index (χ0) is 13.5. The number of nitrogens with one attached hydrogen (secondary N) is 1. The van der Waals surface area contributed by atoms with Crippen molar-refractivity contribution in [3.63, 3.8) is 0 Å². The number of rotatable bonds is 5. The van der Waals surface area contributed by atoms with E-state index in [2.05, 4.69) is 10.4 Å². The van der Waals surface area contributed by atoms with Crippen LogP contribution in [0.3, 0.4) is 0 Å². The predicted molar refractivity (Wildman–Crippen MR) is 59.2 cm³/mol. The van der Waals surface area contributed by atoms with Crippen molar-refractivity contribution in [3.05, 3.63) is 24.0 Å². The summed E-state index contributed by atoms with van der Waals surface area (Å²) in [5, 5.41) is 23.5. The smallest absolute Gasteiger partial charge is 0.309 e. The van der Waals surface area contributed by atoms with Crippen LogP contribution in [-0.2, 0) is 11.3 Å². The monoisotopic (exact) mass is 249 g/mol. The van der Waals surface area contributed by atoms with E-state index in [9.17, 15) is 9.59 Å². The fraction of sp³-hybridized carbons (Fsp3) is 0.364. The quantitative estimate of drug-likeness (QED) is 0.683. The molecule has 0 saturated carbocycles. The highest BCUT2D eigenvalue weighted by Crippen LogP contribution is 1.94. The van der Waals surface area contributed by atoms with Crippen molar-refractivity contribution in [1.29, 1.82) is 5.26 Å². The number of aromatic nitrogens is 2. The van der Waals surface area contributed by atoms with Crippen LogP contribution >= 0.6 is 0 Å². The van der Waals surface area contributed by atoms with Gasteiger partial charge in [-0.3, -0.25) is 9.59 Å². The van der Waals surface area contributed by atoms with Gasteiger partial charge in [0.1, 0.15) is 18.7 Å². The van der Waals surface area contributed by atoms with E-state index in [-0.39, 0.29) is 18.9 Å². The second-order valence-electron chi connectivity index (χ2n) is 3.65. The SMILES string of the molecule is CC(C#N)NC(=O)c1cc[n+](CCC(=O)O)nc1. The molecule has 0 fully saturated rings. The van der Waals surface area contributed by atoms with Gasteiger partial charge in [0.2, 0.25) is 0 Å². The van der Waals surface area contributed by atoms with Crippen LogP contribution in [0.25, 0.3) is 0 Å². The molecule has 1 heterocycles. The van der Waals surface area contributed by atoms with Crippen LogP contribution in [0.1, 0.15) is 23.7 Å². The summed E-state index contributed by atoms with van der Waals surface area (Å²) in [5.41, 5.74) is 0.323. The number of carboxylic acids is 1. The van der Waals surface area contributed by atoms with Crippen molar-refractivity contribution in [3.8, 4) is 6.07 Å². The van der Waals surface area contributed by atoms with Gasteiger partial charge >= 0.3 is 5.97 Å². The van der Waals surface area contributed by atoms with Crippen LogP contribution in [0.15, 0.2) is 18.5 Å². The molecule has 1 atom stereocenters. The Bertz CT molecular complexity index is 478. The van der Waals surface area contributed by atoms with Crippen LogP contribution in [0.5, 0.6) is 0 Å². The maximum absolute atomic E-state index is 11.6. The minimum absolute atomic E-state index is 0.0331. The average Bonchev–Trinajstić information content (AvgIpc) is 2.36. The molecule has 2 N–H and O–H groups in total. The van der Waals surface area contributed by atoms with Crippen LogP contribution in [0.4, 0.5) is 0 Å². The molecule has 1 aromatic heterocycles. The first-order valence-corrected chi connectivity index (χ1v) is 5.31. The maximum Gasteiger partial charge on any atom is 0.309 e. The fourth-order valence-electron chi connectivity index (χ4n) is 1.17. The van der Waals surface area contributed by atoms with Gasteiger partial charge in [0.15, 0.2) is 12.7 Å². The largest absolute Gasteiger partial charge is 0.481 e. The van der Waals surface area contributed by atoms with E-state index in [0.29, 0.717) is 5.56 Å². The molecule has 1 aromatic rings. The number of nitriles is 1. The van der Waals surface area contributed by atoms with Crippen LogP contribution in [-0.4, -0.2) is 28.1 Å². The highest BCUT2D eigenvalue weighted by Gasteiger charge is 2.12. The third-order valence-corrected chi connectivity index (χ3v) is 2.13. The van der Waals surface area contributed by atoms with Crippen LogP contribution in [0, 0.1) is 11.3 Å². The van der Waals surface area contributed by atoms with Crippen LogP contribution < -0.4 is 10.00 Å².